The Kier molecular flexibility index (Phi) is 4.37. The molecule has 0 heterocycles. The SMILES string of the molecule is N#Cc1ccc(Sc2ccc([N+](=O)[O-])cc2C(F)(F)F)cc1. The summed E-state index contributed by atoms with van der Waals surface area (Å²) in [5.74, 6) is 0. The molecule has 0 spiro atoms. The second-order valence-electron chi connectivity index (χ2n) is 4.17. The molecule has 0 unspecified atom stereocenters. The normalized spacial score (nSPS) is 11.0. The van der Waals surface area contributed by atoms with E-state index in [1.165, 1.54) is 24.3 Å². The van der Waals surface area contributed by atoms with E-state index in [-0.39, 0.29) is 4.90 Å². The van der Waals surface area contributed by atoms with Crippen molar-refractivity contribution in [1.29, 1.82) is 5.26 Å². The standard InChI is InChI=1S/C14H7F3N2O2S/c15-14(16,17)12-7-10(19(20)21)3-6-13(12)22-11-4-1-9(8-18)2-5-11/h1-7H. The summed E-state index contributed by atoms with van der Waals surface area (Å²) >= 11 is 0.829. The number of nitriles is 1. The molecule has 2 aromatic carbocycles. The van der Waals surface area contributed by atoms with Gasteiger partial charge in [0.05, 0.1) is 22.1 Å². The number of alkyl halides is 3. The Morgan fingerprint density at radius 3 is 2.27 bits per heavy atom. The molecule has 0 N–H and O–H groups in total. The lowest BCUT2D eigenvalue weighted by molar-refractivity contribution is -0.385. The summed E-state index contributed by atoms with van der Waals surface area (Å²) in [4.78, 5) is 10.1. The van der Waals surface area contributed by atoms with Crippen molar-refractivity contribution in [3.63, 3.8) is 0 Å². The molecule has 0 radical (unpaired) electrons. The van der Waals surface area contributed by atoms with Crippen LogP contribution in [0.3, 0.4) is 0 Å². The van der Waals surface area contributed by atoms with Crippen molar-refractivity contribution < 1.29 is 18.1 Å². The monoisotopic (exact) mass is 324 g/mol. The lowest BCUT2D eigenvalue weighted by Gasteiger charge is -2.12. The highest BCUT2D eigenvalue weighted by molar-refractivity contribution is 7.99. The van der Waals surface area contributed by atoms with Gasteiger partial charge in [-0.1, -0.05) is 11.8 Å². The van der Waals surface area contributed by atoms with Crippen LogP contribution in [-0.4, -0.2) is 4.92 Å². The third kappa shape index (κ3) is 3.56. The molecule has 2 rings (SSSR count). The fourth-order valence-corrected chi connectivity index (χ4v) is 2.61. The number of rotatable bonds is 3. The smallest absolute Gasteiger partial charge is 0.258 e. The molecular weight excluding hydrogens is 317 g/mol. The van der Waals surface area contributed by atoms with Crippen molar-refractivity contribution in [2.45, 2.75) is 16.0 Å². The summed E-state index contributed by atoms with van der Waals surface area (Å²) in [6, 6.07) is 10.5. The highest BCUT2D eigenvalue weighted by Crippen LogP contribution is 2.41. The predicted molar refractivity (Wildman–Crippen MR) is 73.4 cm³/mol. The second-order valence-corrected chi connectivity index (χ2v) is 5.29. The first-order chi connectivity index (χ1) is 10.3. The van der Waals surface area contributed by atoms with E-state index in [1.807, 2.05) is 6.07 Å². The van der Waals surface area contributed by atoms with Gasteiger partial charge in [-0.2, -0.15) is 18.4 Å². The Bertz CT molecular complexity index is 752. The molecule has 0 saturated carbocycles. The van der Waals surface area contributed by atoms with Gasteiger partial charge in [-0.3, -0.25) is 10.1 Å². The Hall–Kier alpha value is -2.53. The summed E-state index contributed by atoms with van der Waals surface area (Å²) in [7, 11) is 0. The fourth-order valence-electron chi connectivity index (χ4n) is 1.67. The maximum atomic E-state index is 13.0. The van der Waals surface area contributed by atoms with Gasteiger partial charge in [0, 0.05) is 21.9 Å². The van der Waals surface area contributed by atoms with Gasteiger partial charge < -0.3 is 0 Å². The molecular formula is C14H7F3N2O2S. The summed E-state index contributed by atoms with van der Waals surface area (Å²) in [6.07, 6.45) is -4.69. The van der Waals surface area contributed by atoms with Gasteiger partial charge in [0.25, 0.3) is 5.69 Å². The highest BCUT2D eigenvalue weighted by atomic mass is 32.2. The molecule has 0 aliphatic rings. The quantitative estimate of drug-likeness (QED) is 0.609. The van der Waals surface area contributed by atoms with Gasteiger partial charge in [0.1, 0.15) is 0 Å². The van der Waals surface area contributed by atoms with Crippen molar-refractivity contribution in [1.82, 2.24) is 0 Å². The number of benzene rings is 2. The van der Waals surface area contributed by atoms with Crippen molar-refractivity contribution in [2.24, 2.45) is 0 Å². The average molecular weight is 324 g/mol. The summed E-state index contributed by atoms with van der Waals surface area (Å²) in [5, 5.41) is 19.3. The van der Waals surface area contributed by atoms with E-state index in [0.717, 1.165) is 23.9 Å². The Labute approximate surface area is 127 Å². The highest BCUT2D eigenvalue weighted by Gasteiger charge is 2.35. The molecule has 0 aliphatic carbocycles. The van der Waals surface area contributed by atoms with Crippen LogP contribution in [0.4, 0.5) is 18.9 Å². The minimum atomic E-state index is -4.69. The van der Waals surface area contributed by atoms with E-state index in [1.54, 1.807) is 0 Å². The molecule has 2 aromatic rings. The molecule has 0 saturated heterocycles. The molecule has 0 bridgehead atoms. The van der Waals surface area contributed by atoms with Crippen LogP contribution in [0.2, 0.25) is 0 Å². The van der Waals surface area contributed by atoms with Gasteiger partial charge >= 0.3 is 6.18 Å². The van der Waals surface area contributed by atoms with Crippen LogP contribution in [0.25, 0.3) is 0 Å². The lowest BCUT2D eigenvalue weighted by Crippen LogP contribution is -2.07. The number of hydrogen-bond donors (Lipinski definition) is 0. The lowest BCUT2D eigenvalue weighted by atomic mass is 10.2. The molecule has 0 amide bonds. The Balaban J connectivity index is 2.41. The van der Waals surface area contributed by atoms with Gasteiger partial charge in [-0.15, -0.1) is 0 Å². The van der Waals surface area contributed by atoms with E-state index in [2.05, 4.69) is 0 Å². The van der Waals surface area contributed by atoms with Crippen LogP contribution in [-0.2, 0) is 6.18 Å². The molecule has 0 fully saturated rings. The topological polar surface area (TPSA) is 66.9 Å². The van der Waals surface area contributed by atoms with Crippen molar-refractivity contribution in [2.75, 3.05) is 0 Å². The maximum Gasteiger partial charge on any atom is 0.417 e. The number of non-ortho nitro benzene ring substituents is 1. The van der Waals surface area contributed by atoms with Gasteiger partial charge in [-0.25, -0.2) is 0 Å². The van der Waals surface area contributed by atoms with Crippen LogP contribution >= 0.6 is 11.8 Å². The van der Waals surface area contributed by atoms with E-state index in [9.17, 15) is 23.3 Å². The van der Waals surface area contributed by atoms with Crippen molar-refractivity contribution >= 4 is 17.4 Å². The molecule has 0 aromatic heterocycles. The van der Waals surface area contributed by atoms with Crippen molar-refractivity contribution in [3.05, 3.63) is 63.7 Å². The van der Waals surface area contributed by atoms with E-state index in [0.29, 0.717) is 16.5 Å². The predicted octanol–water partition coefficient (Wildman–Crippen LogP) is 4.64. The van der Waals surface area contributed by atoms with E-state index >= 15 is 0 Å². The first-order valence-corrected chi connectivity index (χ1v) is 6.66. The zero-order valence-corrected chi connectivity index (χ0v) is 11.6. The summed E-state index contributed by atoms with van der Waals surface area (Å²) < 4.78 is 39.1. The van der Waals surface area contributed by atoms with Crippen LogP contribution in [0, 0.1) is 21.4 Å². The zero-order valence-electron chi connectivity index (χ0n) is 10.8. The van der Waals surface area contributed by atoms with Gasteiger partial charge in [-0.05, 0) is 30.3 Å². The van der Waals surface area contributed by atoms with E-state index < -0.39 is 22.4 Å². The van der Waals surface area contributed by atoms with Crippen LogP contribution in [0.1, 0.15) is 11.1 Å². The largest absolute Gasteiger partial charge is 0.417 e. The molecule has 0 aliphatic heterocycles. The Morgan fingerprint density at radius 1 is 1.14 bits per heavy atom. The second kappa shape index (κ2) is 6.07. The third-order valence-corrected chi connectivity index (χ3v) is 3.77. The molecule has 22 heavy (non-hydrogen) atoms. The first kappa shape index (κ1) is 15.9. The molecule has 8 heteroatoms. The number of nitro groups is 1. The minimum absolute atomic E-state index is 0.136. The number of halogens is 3. The first-order valence-electron chi connectivity index (χ1n) is 5.85. The minimum Gasteiger partial charge on any atom is -0.258 e. The van der Waals surface area contributed by atoms with E-state index in [4.69, 9.17) is 5.26 Å². The maximum absolute atomic E-state index is 13.0. The summed E-state index contributed by atoms with van der Waals surface area (Å²) in [6.45, 7) is 0. The molecule has 4 nitrogen and oxygen atoms in total. The molecule has 0 atom stereocenters. The average Bonchev–Trinajstić information content (AvgIpc) is 2.47. The fraction of sp³-hybridized carbons (Fsp3) is 0.0714. The van der Waals surface area contributed by atoms with Crippen LogP contribution in [0.15, 0.2) is 52.3 Å². The van der Waals surface area contributed by atoms with Crippen LogP contribution in [0.5, 0.6) is 0 Å². The number of nitrogens with zero attached hydrogens (tertiary/aromatic N) is 2. The van der Waals surface area contributed by atoms with Gasteiger partial charge in [0.2, 0.25) is 0 Å². The van der Waals surface area contributed by atoms with Crippen LogP contribution < -0.4 is 0 Å². The van der Waals surface area contributed by atoms with Crippen molar-refractivity contribution in [3.8, 4) is 6.07 Å². The number of hydrogen-bond acceptors (Lipinski definition) is 4. The third-order valence-electron chi connectivity index (χ3n) is 2.69. The van der Waals surface area contributed by atoms with Gasteiger partial charge in [0.15, 0.2) is 0 Å². The molecule has 112 valence electrons. The summed E-state index contributed by atoms with van der Waals surface area (Å²) in [5.41, 5.74) is -1.28. The zero-order chi connectivity index (χ0) is 16.3. The Morgan fingerprint density at radius 2 is 1.77 bits per heavy atom. The number of nitro benzene ring substituents is 1.